The predicted octanol–water partition coefficient (Wildman–Crippen LogP) is 1.51. The van der Waals surface area contributed by atoms with Gasteiger partial charge in [-0.1, -0.05) is 0 Å². The van der Waals surface area contributed by atoms with E-state index in [0.717, 1.165) is 32.5 Å². The lowest BCUT2D eigenvalue weighted by Crippen LogP contribution is -2.47. The monoisotopic (exact) mass is 331 g/mol. The predicted molar refractivity (Wildman–Crippen MR) is 89.0 cm³/mol. The van der Waals surface area contributed by atoms with E-state index in [1.807, 2.05) is 4.90 Å². The summed E-state index contributed by atoms with van der Waals surface area (Å²) in [6, 6.07) is 0.270. The van der Waals surface area contributed by atoms with E-state index in [0.29, 0.717) is 35.8 Å². The molecule has 0 atom stereocenters. The Bertz CT molecular complexity index is 642. The SMILES string of the molecule is CN1CCC(N(CC2CC2)C(=O)c2coc3c2C(=O)NCC3)CC1. The van der Waals surface area contributed by atoms with Crippen molar-refractivity contribution >= 4 is 11.8 Å². The van der Waals surface area contributed by atoms with E-state index in [2.05, 4.69) is 17.3 Å². The number of carbonyl (C=O) groups is 2. The van der Waals surface area contributed by atoms with Crippen molar-refractivity contribution in [3.05, 3.63) is 23.2 Å². The summed E-state index contributed by atoms with van der Waals surface area (Å²) in [4.78, 5) is 29.8. The van der Waals surface area contributed by atoms with Crippen molar-refractivity contribution in [3.8, 4) is 0 Å². The van der Waals surface area contributed by atoms with Crippen LogP contribution in [0, 0.1) is 5.92 Å². The molecule has 6 nitrogen and oxygen atoms in total. The molecule has 1 aliphatic carbocycles. The molecule has 0 radical (unpaired) electrons. The molecular weight excluding hydrogens is 306 g/mol. The van der Waals surface area contributed by atoms with Crippen LogP contribution in [0.25, 0.3) is 0 Å². The highest BCUT2D eigenvalue weighted by Crippen LogP contribution is 2.33. The number of hydrogen-bond donors (Lipinski definition) is 1. The molecule has 0 aromatic carbocycles. The number of fused-ring (bicyclic) bond motifs is 1. The Balaban J connectivity index is 1.59. The van der Waals surface area contributed by atoms with Crippen molar-refractivity contribution in [2.75, 3.05) is 33.2 Å². The zero-order valence-corrected chi connectivity index (χ0v) is 14.2. The molecule has 1 saturated carbocycles. The van der Waals surface area contributed by atoms with Crippen LogP contribution in [0.3, 0.4) is 0 Å². The van der Waals surface area contributed by atoms with Crippen LogP contribution in [0.4, 0.5) is 0 Å². The number of likely N-dealkylation sites (tertiary alicyclic amines) is 1. The van der Waals surface area contributed by atoms with Gasteiger partial charge in [-0.25, -0.2) is 0 Å². The molecule has 2 fully saturated rings. The largest absolute Gasteiger partial charge is 0.468 e. The molecule has 1 N–H and O–H groups in total. The van der Waals surface area contributed by atoms with E-state index in [1.54, 1.807) is 0 Å². The van der Waals surface area contributed by atoms with E-state index in [1.165, 1.54) is 19.1 Å². The molecule has 4 rings (SSSR count). The van der Waals surface area contributed by atoms with Crippen LogP contribution in [-0.4, -0.2) is 60.9 Å². The second-order valence-corrected chi connectivity index (χ2v) is 7.39. The molecule has 1 aromatic rings. The minimum Gasteiger partial charge on any atom is -0.468 e. The van der Waals surface area contributed by atoms with Gasteiger partial charge >= 0.3 is 0 Å². The molecule has 24 heavy (non-hydrogen) atoms. The number of rotatable bonds is 4. The standard InChI is InChI=1S/C18H25N3O3/c1-20-8-5-13(6-9-20)21(10-12-2-3-12)18(23)14-11-24-15-4-7-19-17(22)16(14)15/h11-13H,2-10H2,1H3,(H,19,22). The summed E-state index contributed by atoms with van der Waals surface area (Å²) in [7, 11) is 2.13. The van der Waals surface area contributed by atoms with Gasteiger partial charge in [-0.05, 0) is 51.7 Å². The molecule has 0 spiro atoms. The van der Waals surface area contributed by atoms with Crippen molar-refractivity contribution in [2.24, 2.45) is 5.92 Å². The fourth-order valence-corrected chi connectivity index (χ4v) is 3.80. The lowest BCUT2D eigenvalue weighted by Gasteiger charge is -2.37. The average Bonchev–Trinajstić information content (AvgIpc) is 3.29. The van der Waals surface area contributed by atoms with E-state index in [9.17, 15) is 9.59 Å². The first kappa shape index (κ1) is 15.7. The molecule has 0 bridgehead atoms. The first-order valence-corrected chi connectivity index (χ1v) is 9.01. The average molecular weight is 331 g/mol. The van der Waals surface area contributed by atoms with E-state index in [4.69, 9.17) is 4.42 Å². The minimum atomic E-state index is -0.178. The Morgan fingerprint density at radius 1 is 1.33 bits per heavy atom. The maximum atomic E-state index is 13.2. The fourth-order valence-electron chi connectivity index (χ4n) is 3.80. The number of carbonyl (C=O) groups excluding carboxylic acids is 2. The second-order valence-electron chi connectivity index (χ2n) is 7.39. The lowest BCUT2D eigenvalue weighted by atomic mass is 9.99. The number of furan rings is 1. The van der Waals surface area contributed by atoms with Crippen LogP contribution in [0.15, 0.2) is 10.7 Å². The Morgan fingerprint density at radius 2 is 2.08 bits per heavy atom. The zero-order valence-electron chi connectivity index (χ0n) is 14.2. The summed E-state index contributed by atoms with van der Waals surface area (Å²) in [6.45, 7) is 3.43. The number of nitrogens with zero attached hydrogens (tertiary/aromatic N) is 2. The third kappa shape index (κ3) is 2.95. The van der Waals surface area contributed by atoms with E-state index < -0.39 is 0 Å². The van der Waals surface area contributed by atoms with Crippen LogP contribution >= 0.6 is 0 Å². The molecule has 2 amide bonds. The maximum Gasteiger partial charge on any atom is 0.258 e. The molecule has 6 heteroatoms. The number of piperidine rings is 1. The minimum absolute atomic E-state index is 0.0292. The quantitative estimate of drug-likeness (QED) is 0.908. The molecule has 1 saturated heterocycles. The maximum absolute atomic E-state index is 13.2. The molecule has 3 aliphatic rings. The zero-order chi connectivity index (χ0) is 16.7. The van der Waals surface area contributed by atoms with Crippen LogP contribution in [0.5, 0.6) is 0 Å². The molecule has 3 heterocycles. The summed E-state index contributed by atoms with van der Waals surface area (Å²) in [5, 5.41) is 2.82. The van der Waals surface area contributed by atoms with Gasteiger partial charge in [-0.3, -0.25) is 9.59 Å². The first-order valence-electron chi connectivity index (χ1n) is 9.01. The number of nitrogens with one attached hydrogen (secondary N) is 1. The van der Waals surface area contributed by atoms with E-state index >= 15 is 0 Å². The Labute approximate surface area is 142 Å². The highest BCUT2D eigenvalue weighted by Gasteiger charge is 2.36. The van der Waals surface area contributed by atoms with Gasteiger partial charge in [-0.2, -0.15) is 0 Å². The topological polar surface area (TPSA) is 65.8 Å². The van der Waals surface area contributed by atoms with Gasteiger partial charge in [0.05, 0.1) is 11.1 Å². The summed E-state index contributed by atoms with van der Waals surface area (Å²) in [6.07, 6.45) is 6.57. The second kappa shape index (κ2) is 6.24. The highest BCUT2D eigenvalue weighted by atomic mass is 16.3. The van der Waals surface area contributed by atoms with Crippen molar-refractivity contribution < 1.29 is 14.0 Å². The van der Waals surface area contributed by atoms with Gasteiger partial charge in [0.1, 0.15) is 12.0 Å². The van der Waals surface area contributed by atoms with Gasteiger partial charge in [0.25, 0.3) is 11.8 Å². The van der Waals surface area contributed by atoms with Crippen molar-refractivity contribution in [1.29, 1.82) is 0 Å². The molecule has 2 aliphatic heterocycles. The van der Waals surface area contributed by atoms with Crippen molar-refractivity contribution in [1.82, 2.24) is 15.1 Å². The summed E-state index contributed by atoms with van der Waals surface area (Å²) in [5.41, 5.74) is 0.904. The van der Waals surface area contributed by atoms with Crippen LogP contribution < -0.4 is 5.32 Å². The third-order valence-electron chi connectivity index (χ3n) is 5.50. The Morgan fingerprint density at radius 3 is 2.79 bits per heavy atom. The van der Waals surface area contributed by atoms with Crippen molar-refractivity contribution in [2.45, 2.75) is 38.1 Å². The van der Waals surface area contributed by atoms with Gasteiger partial charge in [0, 0.05) is 25.6 Å². The molecule has 1 aromatic heterocycles. The smallest absolute Gasteiger partial charge is 0.258 e. The summed E-state index contributed by atoms with van der Waals surface area (Å²) in [5.74, 6) is 1.07. The normalized spacial score (nSPS) is 22.1. The van der Waals surface area contributed by atoms with Gasteiger partial charge in [0.15, 0.2) is 0 Å². The lowest BCUT2D eigenvalue weighted by molar-refractivity contribution is 0.0574. The fraction of sp³-hybridized carbons (Fsp3) is 0.667. The number of amides is 2. The number of hydrogen-bond acceptors (Lipinski definition) is 4. The van der Waals surface area contributed by atoms with Gasteiger partial charge in [0.2, 0.25) is 0 Å². The summed E-state index contributed by atoms with van der Waals surface area (Å²) >= 11 is 0. The van der Waals surface area contributed by atoms with Crippen molar-refractivity contribution in [3.63, 3.8) is 0 Å². The third-order valence-corrected chi connectivity index (χ3v) is 5.50. The molecule has 0 unspecified atom stereocenters. The van der Waals surface area contributed by atoms with Gasteiger partial charge in [-0.15, -0.1) is 0 Å². The molecular formula is C18H25N3O3. The highest BCUT2D eigenvalue weighted by molar-refractivity contribution is 6.08. The van der Waals surface area contributed by atoms with Gasteiger partial charge < -0.3 is 19.5 Å². The Hall–Kier alpha value is -1.82. The van der Waals surface area contributed by atoms with Crippen LogP contribution in [0.1, 0.15) is 52.2 Å². The molecule has 130 valence electrons. The first-order chi connectivity index (χ1) is 11.6. The Kier molecular flexibility index (Phi) is 4.08. The van der Waals surface area contributed by atoms with Crippen LogP contribution in [-0.2, 0) is 6.42 Å². The van der Waals surface area contributed by atoms with E-state index in [-0.39, 0.29) is 17.9 Å². The van der Waals surface area contributed by atoms with Crippen LogP contribution in [0.2, 0.25) is 0 Å². The summed E-state index contributed by atoms with van der Waals surface area (Å²) < 4.78 is 5.54.